The Morgan fingerprint density at radius 3 is 2.37 bits per heavy atom. The van der Waals surface area contributed by atoms with E-state index in [4.69, 9.17) is 21.1 Å². The zero-order chi connectivity index (χ0) is 13.8. The lowest BCUT2D eigenvalue weighted by atomic mass is 10.1. The molecule has 1 aromatic heterocycles. The van der Waals surface area contributed by atoms with Crippen LogP contribution in [0.2, 0.25) is 5.22 Å². The molecule has 6 heteroatoms. The lowest BCUT2D eigenvalue weighted by Crippen LogP contribution is -2.10. The molecule has 0 unspecified atom stereocenters. The normalized spacial score (nSPS) is 10.2. The van der Waals surface area contributed by atoms with E-state index in [1.165, 1.54) is 12.1 Å². The average molecular weight is 280 g/mol. The number of halogens is 1. The minimum atomic E-state index is -0.901. The molecule has 0 radical (unpaired) electrons. The Balaban J connectivity index is 2.03. The summed E-state index contributed by atoms with van der Waals surface area (Å²) in [5.74, 6) is -1.21. The van der Waals surface area contributed by atoms with E-state index in [0.717, 1.165) is 0 Å². The van der Waals surface area contributed by atoms with Gasteiger partial charge in [-0.2, -0.15) is 0 Å². The second-order valence-electron chi connectivity index (χ2n) is 3.83. The number of carbonyl (C=O) groups is 2. The average Bonchev–Trinajstić information content (AvgIpc) is 2.78. The van der Waals surface area contributed by atoms with Gasteiger partial charge in [-0.05, 0) is 41.4 Å². The van der Waals surface area contributed by atoms with E-state index in [9.17, 15) is 9.59 Å². The number of hydrogen-bond acceptors (Lipinski definition) is 3. The highest BCUT2D eigenvalue weighted by molar-refractivity contribution is 6.29. The van der Waals surface area contributed by atoms with Gasteiger partial charge in [-0.3, -0.25) is 9.59 Å². The summed E-state index contributed by atoms with van der Waals surface area (Å²) in [7, 11) is 0. The summed E-state index contributed by atoms with van der Waals surface area (Å²) in [6.45, 7) is 0. The van der Waals surface area contributed by atoms with E-state index < -0.39 is 11.9 Å². The van der Waals surface area contributed by atoms with Crippen molar-refractivity contribution in [1.82, 2.24) is 0 Å². The fraction of sp³-hybridized carbons (Fsp3) is 0.0769. The van der Waals surface area contributed by atoms with Crippen molar-refractivity contribution >= 4 is 29.2 Å². The number of carboxylic acid groups (broad SMARTS) is 1. The molecule has 2 aromatic rings. The van der Waals surface area contributed by atoms with Crippen molar-refractivity contribution in [2.75, 3.05) is 5.32 Å². The van der Waals surface area contributed by atoms with Crippen molar-refractivity contribution in [1.29, 1.82) is 0 Å². The number of rotatable bonds is 4. The first kappa shape index (κ1) is 13.2. The quantitative estimate of drug-likeness (QED) is 0.902. The maximum atomic E-state index is 11.7. The molecular weight excluding hydrogens is 270 g/mol. The highest BCUT2D eigenvalue weighted by Gasteiger charge is 2.10. The number of carboxylic acids is 1. The molecule has 19 heavy (non-hydrogen) atoms. The van der Waals surface area contributed by atoms with Gasteiger partial charge >= 0.3 is 5.97 Å². The first-order chi connectivity index (χ1) is 9.04. The van der Waals surface area contributed by atoms with Crippen LogP contribution in [0.4, 0.5) is 5.69 Å². The molecule has 2 rings (SSSR count). The van der Waals surface area contributed by atoms with Crippen molar-refractivity contribution < 1.29 is 19.1 Å². The molecule has 0 aliphatic carbocycles. The summed E-state index contributed by atoms with van der Waals surface area (Å²) in [5.41, 5.74) is 1.21. The second kappa shape index (κ2) is 5.58. The molecule has 0 spiro atoms. The molecule has 98 valence electrons. The van der Waals surface area contributed by atoms with Crippen molar-refractivity contribution in [2.24, 2.45) is 0 Å². The topological polar surface area (TPSA) is 79.5 Å². The summed E-state index contributed by atoms with van der Waals surface area (Å²) in [5, 5.41) is 11.4. The highest BCUT2D eigenvalue weighted by atomic mass is 35.5. The summed E-state index contributed by atoms with van der Waals surface area (Å²) in [6, 6.07) is 9.47. The first-order valence-electron chi connectivity index (χ1n) is 5.42. The van der Waals surface area contributed by atoms with E-state index in [0.29, 0.717) is 11.3 Å². The van der Waals surface area contributed by atoms with E-state index in [1.54, 1.807) is 24.3 Å². The molecule has 5 nitrogen and oxygen atoms in total. The van der Waals surface area contributed by atoms with Crippen LogP contribution in [0.15, 0.2) is 40.8 Å². The van der Waals surface area contributed by atoms with Gasteiger partial charge in [0.25, 0.3) is 5.91 Å². The van der Waals surface area contributed by atoms with Gasteiger partial charge < -0.3 is 14.8 Å². The maximum Gasteiger partial charge on any atom is 0.307 e. The van der Waals surface area contributed by atoms with Crippen LogP contribution >= 0.6 is 11.6 Å². The number of nitrogens with one attached hydrogen (secondary N) is 1. The SMILES string of the molecule is O=C(O)Cc1ccc(NC(=O)c2ccc(Cl)o2)cc1. The number of aliphatic carboxylic acids is 1. The minimum Gasteiger partial charge on any atom is -0.481 e. The fourth-order valence-corrected chi connectivity index (χ4v) is 1.66. The molecule has 0 aliphatic heterocycles. The van der Waals surface area contributed by atoms with Crippen molar-refractivity contribution in [2.45, 2.75) is 6.42 Å². The molecule has 0 saturated carbocycles. The van der Waals surface area contributed by atoms with Crippen LogP contribution in [0.5, 0.6) is 0 Å². The predicted molar refractivity (Wildman–Crippen MR) is 69.5 cm³/mol. The molecule has 1 aromatic carbocycles. The third-order valence-corrected chi connectivity index (χ3v) is 2.57. The third-order valence-electron chi connectivity index (χ3n) is 2.36. The van der Waals surface area contributed by atoms with Crippen LogP contribution in [-0.4, -0.2) is 17.0 Å². The van der Waals surface area contributed by atoms with E-state index in [2.05, 4.69) is 5.32 Å². The molecule has 0 aliphatic rings. The Hall–Kier alpha value is -2.27. The molecule has 0 bridgehead atoms. The smallest absolute Gasteiger partial charge is 0.307 e. The number of carbonyl (C=O) groups excluding carboxylic acids is 1. The fourth-order valence-electron chi connectivity index (χ4n) is 1.51. The molecule has 2 N–H and O–H groups in total. The predicted octanol–water partition coefficient (Wildman–Crippen LogP) is 2.81. The van der Waals surface area contributed by atoms with Crippen molar-refractivity contribution in [3.05, 3.63) is 52.9 Å². The maximum absolute atomic E-state index is 11.7. The van der Waals surface area contributed by atoms with Gasteiger partial charge in [0.1, 0.15) is 0 Å². The Kier molecular flexibility index (Phi) is 3.87. The minimum absolute atomic E-state index is 0.0536. The Bertz CT molecular complexity index is 603. The summed E-state index contributed by atoms with van der Waals surface area (Å²) < 4.78 is 4.97. The summed E-state index contributed by atoms with van der Waals surface area (Å²) >= 11 is 5.57. The van der Waals surface area contributed by atoms with Crippen LogP contribution in [0, 0.1) is 0 Å². The van der Waals surface area contributed by atoms with Gasteiger partial charge in [0.2, 0.25) is 0 Å². The molecule has 0 atom stereocenters. The van der Waals surface area contributed by atoms with Gasteiger partial charge in [-0.25, -0.2) is 0 Å². The largest absolute Gasteiger partial charge is 0.481 e. The lowest BCUT2D eigenvalue weighted by molar-refractivity contribution is -0.136. The standard InChI is InChI=1S/C13H10ClNO4/c14-11-6-5-10(19-11)13(18)15-9-3-1-8(2-4-9)7-12(16)17/h1-6H,7H2,(H,15,18)(H,16,17). The van der Waals surface area contributed by atoms with Crippen LogP contribution in [0.1, 0.15) is 16.1 Å². The first-order valence-corrected chi connectivity index (χ1v) is 5.80. The van der Waals surface area contributed by atoms with Gasteiger partial charge in [0, 0.05) is 5.69 Å². The number of amides is 1. The number of benzene rings is 1. The van der Waals surface area contributed by atoms with E-state index in [1.807, 2.05) is 0 Å². The van der Waals surface area contributed by atoms with Crippen LogP contribution in [-0.2, 0) is 11.2 Å². The van der Waals surface area contributed by atoms with Gasteiger partial charge in [-0.1, -0.05) is 12.1 Å². The molecule has 1 heterocycles. The van der Waals surface area contributed by atoms with Crippen LogP contribution in [0.25, 0.3) is 0 Å². The Morgan fingerprint density at radius 1 is 1.16 bits per heavy atom. The zero-order valence-corrected chi connectivity index (χ0v) is 10.5. The van der Waals surface area contributed by atoms with Gasteiger partial charge in [-0.15, -0.1) is 0 Å². The summed E-state index contributed by atoms with van der Waals surface area (Å²) in [6.07, 6.45) is -0.0536. The Labute approximate surface area is 113 Å². The van der Waals surface area contributed by atoms with Crippen molar-refractivity contribution in [3.63, 3.8) is 0 Å². The third kappa shape index (κ3) is 3.59. The summed E-state index contributed by atoms with van der Waals surface area (Å²) in [4.78, 5) is 22.3. The molecule has 1 amide bonds. The Morgan fingerprint density at radius 2 is 1.84 bits per heavy atom. The number of furan rings is 1. The van der Waals surface area contributed by atoms with E-state index in [-0.39, 0.29) is 17.4 Å². The number of hydrogen-bond donors (Lipinski definition) is 2. The molecule has 0 fully saturated rings. The monoisotopic (exact) mass is 279 g/mol. The van der Waals surface area contributed by atoms with Crippen molar-refractivity contribution in [3.8, 4) is 0 Å². The second-order valence-corrected chi connectivity index (χ2v) is 4.20. The van der Waals surface area contributed by atoms with Gasteiger partial charge in [0.15, 0.2) is 11.0 Å². The van der Waals surface area contributed by atoms with Crippen LogP contribution in [0.3, 0.4) is 0 Å². The highest BCUT2D eigenvalue weighted by Crippen LogP contribution is 2.16. The van der Waals surface area contributed by atoms with Crippen LogP contribution < -0.4 is 5.32 Å². The zero-order valence-electron chi connectivity index (χ0n) is 9.72. The molecule has 0 saturated heterocycles. The molecular formula is C13H10ClNO4. The van der Waals surface area contributed by atoms with E-state index >= 15 is 0 Å². The van der Waals surface area contributed by atoms with Gasteiger partial charge in [0.05, 0.1) is 6.42 Å². The lowest BCUT2D eigenvalue weighted by Gasteiger charge is -2.04. The number of anilines is 1.